The second-order valence-corrected chi connectivity index (χ2v) is 3.78. The van der Waals surface area contributed by atoms with Crippen molar-refractivity contribution in [1.82, 2.24) is 4.57 Å². The molecule has 6 heteroatoms. The Bertz CT molecular complexity index is 336. The van der Waals surface area contributed by atoms with Crippen LogP contribution < -0.4 is 0 Å². The number of hydrogen-bond donors (Lipinski definition) is 1. The third-order valence-corrected chi connectivity index (χ3v) is 2.34. The van der Waals surface area contributed by atoms with Crippen molar-refractivity contribution in [3.8, 4) is 0 Å². The summed E-state index contributed by atoms with van der Waals surface area (Å²) in [5.74, 6) is 0. The number of hydrogen-bond acceptors (Lipinski definition) is 2. The first kappa shape index (κ1) is 14.1. The molecule has 0 saturated heterocycles. The normalized spacial score (nSPS) is 13.9. The van der Waals surface area contributed by atoms with Crippen LogP contribution in [-0.4, -0.2) is 22.6 Å². The molecule has 17 heavy (non-hydrogen) atoms. The van der Waals surface area contributed by atoms with Crippen LogP contribution in [0.25, 0.3) is 0 Å². The van der Waals surface area contributed by atoms with Crippen LogP contribution in [0.2, 0.25) is 0 Å². The third-order valence-electron chi connectivity index (χ3n) is 2.34. The Hall–Kier alpha value is -1.01. The summed E-state index contributed by atoms with van der Waals surface area (Å²) in [6, 6.07) is 1.70. The molecule has 0 fully saturated rings. The van der Waals surface area contributed by atoms with Gasteiger partial charge in [-0.25, -0.2) is 0 Å². The van der Waals surface area contributed by atoms with Crippen LogP contribution in [0.3, 0.4) is 0 Å². The lowest BCUT2D eigenvalue weighted by Gasteiger charge is -2.08. The number of aromatic nitrogens is 1. The van der Waals surface area contributed by atoms with E-state index in [-0.39, 0.29) is 6.54 Å². The minimum absolute atomic E-state index is 0.109. The molecule has 1 aromatic heterocycles. The summed E-state index contributed by atoms with van der Waals surface area (Å²) in [4.78, 5) is 0. The largest absolute Gasteiger partial charge is 0.522 e. The first-order valence-corrected chi connectivity index (χ1v) is 5.47. The molecule has 0 bridgehead atoms. The van der Waals surface area contributed by atoms with Gasteiger partial charge in [0.05, 0.1) is 12.7 Å². The highest BCUT2D eigenvalue weighted by Gasteiger charge is 2.28. The van der Waals surface area contributed by atoms with Gasteiger partial charge in [0.15, 0.2) is 0 Å². The zero-order valence-corrected chi connectivity index (χ0v) is 9.57. The second kappa shape index (κ2) is 6.07. The maximum atomic E-state index is 11.7. The molecule has 1 atom stereocenters. The van der Waals surface area contributed by atoms with Gasteiger partial charge in [-0.1, -0.05) is 13.3 Å². The van der Waals surface area contributed by atoms with Gasteiger partial charge in [-0.05, 0) is 18.1 Å². The predicted octanol–water partition coefficient (Wildman–Crippen LogP) is 2.86. The van der Waals surface area contributed by atoms with Crippen LogP contribution in [0, 0.1) is 0 Å². The van der Waals surface area contributed by atoms with E-state index in [2.05, 4.69) is 4.74 Å². The van der Waals surface area contributed by atoms with E-state index in [0.717, 1.165) is 12.0 Å². The average molecular weight is 251 g/mol. The fraction of sp³-hybridized carbons (Fsp3) is 0.636. The maximum absolute atomic E-state index is 11.7. The van der Waals surface area contributed by atoms with E-state index in [1.165, 1.54) is 0 Å². The Labute approximate surface area is 97.8 Å². The number of aliphatic hydroxyl groups is 1. The molecule has 0 amide bonds. The van der Waals surface area contributed by atoms with Crippen molar-refractivity contribution in [1.29, 1.82) is 0 Å². The predicted molar refractivity (Wildman–Crippen MR) is 56.3 cm³/mol. The molecule has 0 spiro atoms. The number of nitrogens with zero attached hydrogens (tertiary/aromatic N) is 1. The molecule has 0 saturated carbocycles. The van der Waals surface area contributed by atoms with E-state index in [0.29, 0.717) is 6.42 Å². The lowest BCUT2D eigenvalue weighted by molar-refractivity contribution is -0.325. The lowest BCUT2D eigenvalue weighted by atomic mass is 10.1. The van der Waals surface area contributed by atoms with Gasteiger partial charge in [0.2, 0.25) is 0 Å². The van der Waals surface area contributed by atoms with E-state index < -0.39 is 19.1 Å². The molecule has 0 aliphatic heterocycles. The molecule has 0 aliphatic carbocycles. The summed E-state index contributed by atoms with van der Waals surface area (Å²) in [6.07, 6.45) is -0.372. The summed E-state index contributed by atoms with van der Waals surface area (Å²) < 4.78 is 40.4. The van der Waals surface area contributed by atoms with Crippen molar-refractivity contribution in [3.63, 3.8) is 0 Å². The van der Waals surface area contributed by atoms with Gasteiger partial charge in [0.1, 0.15) is 0 Å². The fourth-order valence-electron chi connectivity index (χ4n) is 1.50. The highest BCUT2D eigenvalue weighted by atomic mass is 19.4. The maximum Gasteiger partial charge on any atom is 0.522 e. The van der Waals surface area contributed by atoms with Gasteiger partial charge >= 0.3 is 6.36 Å². The molecule has 1 rings (SSSR count). The van der Waals surface area contributed by atoms with E-state index in [1.54, 1.807) is 23.0 Å². The highest BCUT2D eigenvalue weighted by molar-refractivity contribution is 5.13. The van der Waals surface area contributed by atoms with Gasteiger partial charge in [-0.2, -0.15) is 0 Å². The van der Waals surface area contributed by atoms with E-state index in [1.807, 2.05) is 6.92 Å². The number of ether oxygens (including phenoxy) is 1. The zero-order chi connectivity index (χ0) is 12.9. The van der Waals surface area contributed by atoms with E-state index in [4.69, 9.17) is 0 Å². The molecular weight excluding hydrogens is 235 g/mol. The van der Waals surface area contributed by atoms with Crippen molar-refractivity contribution in [2.75, 3.05) is 6.61 Å². The quantitative estimate of drug-likeness (QED) is 0.843. The Morgan fingerprint density at radius 3 is 2.76 bits per heavy atom. The first-order valence-electron chi connectivity index (χ1n) is 5.47. The Morgan fingerprint density at radius 1 is 1.47 bits per heavy atom. The molecule has 1 unspecified atom stereocenters. The Balaban J connectivity index is 2.40. The molecular formula is C11H16F3NO2. The fourth-order valence-corrected chi connectivity index (χ4v) is 1.50. The van der Waals surface area contributed by atoms with Gasteiger partial charge < -0.3 is 9.67 Å². The smallest absolute Gasteiger partial charge is 0.388 e. The number of alkyl halides is 3. The molecule has 1 aromatic rings. The monoisotopic (exact) mass is 251 g/mol. The van der Waals surface area contributed by atoms with Crippen LogP contribution >= 0.6 is 0 Å². The van der Waals surface area contributed by atoms with Crippen molar-refractivity contribution in [2.24, 2.45) is 0 Å². The van der Waals surface area contributed by atoms with Crippen LogP contribution in [-0.2, 0) is 11.3 Å². The summed E-state index contributed by atoms with van der Waals surface area (Å²) in [5.41, 5.74) is 0.721. The molecule has 1 heterocycles. The summed E-state index contributed by atoms with van der Waals surface area (Å²) in [7, 11) is 0. The summed E-state index contributed by atoms with van der Waals surface area (Å²) in [6.45, 7) is 1.64. The van der Waals surface area contributed by atoms with Crippen molar-refractivity contribution < 1.29 is 23.0 Å². The van der Waals surface area contributed by atoms with Gasteiger partial charge in [0, 0.05) is 18.9 Å². The van der Waals surface area contributed by atoms with Gasteiger partial charge in [-0.3, -0.25) is 4.74 Å². The zero-order valence-electron chi connectivity index (χ0n) is 9.57. The highest BCUT2D eigenvalue weighted by Crippen LogP contribution is 2.19. The second-order valence-electron chi connectivity index (χ2n) is 3.78. The molecule has 1 N–H and O–H groups in total. The minimum atomic E-state index is -4.59. The summed E-state index contributed by atoms with van der Waals surface area (Å²) in [5, 5.41) is 9.66. The number of aliphatic hydroxyl groups excluding tert-OH is 1. The van der Waals surface area contributed by atoms with Crippen molar-refractivity contribution in [2.45, 2.75) is 38.8 Å². The Morgan fingerprint density at radius 2 is 2.18 bits per heavy atom. The molecule has 0 aromatic carbocycles. The van der Waals surface area contributed by atoms with Crippen LogP contribution in [0.5, 0.6) is 0 Å². The first-order chi connectivity index (χ1) is 7.92. The van der Waals surface area contributed by atoms with Crippen molar-refractivity contribution >= 4 is 0 Å². The summed E-state index contributed by atoms with van der Waals surface area (Å²) >= 11 is 0. The van der Waals surface area contributed by atoms with Gasteiger partial charge in [0.25, 0.3) is 0 Å². The SMILES string of the molecule is CCCC(O)c1ccn(CCOC(F)(F)F)c1. The average Bonchev–Trinajstić information content (AvgIpc) is 2.65. The van der Waals surface area contributed by atoms with E-state index in [9.17, 15) is 18.3 Å². The molecule has 98 valence electrons. The number of halogens is 3. The van der Waals surface area contributed by atoms with E-state index >= 15 is 0 Å². The standard InChI is InChI=1S/C11H16F3NO2/c1-2-3-10(16)9-4-5-15(8-9)6-7-17-11(12,13)14/h4-5,8,10,16H,2-3,6-7H2,1H3. The minimum Gasteiger partial charge on any atom is -0.388 e. The molecule has 3 nitrogen and oxygen atoms in total. The lowest BCUT2D eigenvalue weighted by Crippen LogP contribution is -2.16. The van der Waals surface area contributed by atoms with Crippen molar-refractivity contribution in [3.05, 3.63) is 24.0 Å². The number of rotatable bonds is 6. The topological polar surface area (TPSA) is 34.4 Å². The van der Waals surface area contributed by atoms with Crippen LogP contribution in [0.1, 0.15) is 31.4 Å². The van der Waals surface area contributed by atoms with Gasteiger partial charge in [-0.15, -0.1) is 13.2 Å². The third kappa shape index (κ3) is 5.23. The van der Waals surface area contributed by atoms with Crippen LogP contribution in [0.15, 0.2) is 18.5 Å². The van der Waals surface area contributed by atoms with Crippen LogP contribution in [0.4, 0.5) is 13.2 Å². The molecule has 0 aliphatic rings. The Kier molecular flexibility index (Phi) is 5.02. The molecule has 0 radical (unpaired) electrons.